The van der Waals surface area contributed by atoms with E-state index in [-0.39, 0.29) is 5.19 Å². The summed E-state index contributed by atoms with van der Waals surface area (Å²) in [4.78, 5) is 0. The molecule has 0 heterocycles. The normalized spacial score (nSPS) is 13.8. The molecule has 0 saturated heterocycles. The van der Waals surface area contributed by atoms with Gasteiger partial charge in [0.25, 0.3) is 0 Å². The molecule has 1 unspecified atom stereocenters. The van der Waals surface area contributed by atoms with Crippen LogP contribution in [0, 0.1) is 20.8 Å². The van der Waals surface area contributed by atoms with E-state index >= 15 is 12.3 Å². The number of aryl methyl sites for hydroxylation is 3. The fourth-order valence-corrected chi connectivity index (χ4v) is 9.98. The zero-order valence-electron chi connectivity index (χ0n) is 16.5. The largest absolute Gasteiger partial charge is 0.565 e. The third-order valence-electron chi connectivity index (χ3n) is 4.98. The summed E-state index contributed by atoms with van der Waals surface area (Å²) in [6.45, 7) is 6.86. The second kappa shape index (κ2) is 7.60. The standard InChI is InChI=1S/C22H24F3NSi2/c1-17-15-18(2)22(19(3)16-17)26(27(4,23)20-11-7-5-8-12-20)28(24,25)21-13-9-6-10-14-21/h5-16H,1-4H3. The minimum atomic E-state index is -5.33. The van der Waals surface area contributed by atoms with Crippen LogP contribution in [0.4, 0.5) is 18.0 Å². The van der Waals surface area contributed by atoms with Crippen molar-refractivity contribution in [3.05, 3.63) is 89.5 Å². The average Bonchev–Trinajstić information content (AvgIpc) is 2.65. The van der Waals surface area contributed by atoms with Gasteiger partial charge in [0.15, 0.2) is 0 Å². The van der Waals surface area contributed by atoms with Crippen molar-refractivity contribution in [2.24, 2.45) is 0 Å². The highest BCUT2D eigenvalue weighted by molar-refractivity contribution is 7.04. The van der Waals surface area contributed by atoms with Gasteiger partial charge in [-0.1, -0.05) is 78.4 Å². The quantitative estimate of drug-likeness (QED) is 0.411. The minimum Gasteiger partial charge on any atom is -0.342 e. The van der Waals surface area contributed by atoms with Gasteiger partial charge in [0.1, 0.15) is 0 Å². The van der Waals surface area contributed by atoms with E-state index in [1.807, 2.05) is 19.1 Å². The van der Waals surface area contributed by atoms with Crippen LogP contribution in [0.2, 0.25) is 6.55 Å². The maximum atomic E-state index is 16.4. The molecule has 1 nitrogen and oxygen atoms in total. The van der Waals surface area contributed by atoms with Crippen molar-refractivity contribution < 1.29 is 12.3 Å². The van der Waals surface area contributed by atoms with Gasteiger partial charge in [-0.3, -0.25) is 4.11 Å². The van der Waals surface area contributed by atoms with Crippen LogP contribution in [0.5, 0.6) is 0 Å². The van der Waals surface area contributed by atoms with Crippen molar-refractivity contribution in [2.45, 2.75) is 27.3 Å². The maximum Gasteiger partial charge on any atom is 0.565 e. The molecule has 0 aromatic heterocycles. The molecule has 3 aromatic carbocycles. The highest BCUT2D eigenvalue weighted by Crippen LogP contribution is 2.36. The second-order valence-electron chi connectivity index (χ2n) is 7.31. The van der Waals surface area contributed by atoms with E-state index < -0.39 is 17.5 Å². The highest BCUT2D eigenvalue weighted by Gasteiger charge is 2.57. The third-order valence-corrected chi connectivity index (χ3v) is 11.3. The van der Waals surface area contributed by atoms with Crippen molar-refractivity contribution in [3.63, 3.8) is 0 Å². The number of benzene rings is 3. The Balaban J connectivity index is 2.30. The Morgan fingerprint density at radius 3 is 1.57 bits per heavy atom. The first kappa shape index (κ1) is 20.4. The maximum absolute atomic E-state index is 16.4. The van der Waals surface area contributed by atoms with Crippen molar-refractivity contribution in [1.82, 2.24) is 0 Å². The number of halogens is 3. The van der Waals surface area contributed by atoms with E-state index in [2.05, 4.69) is 0 Å². The van der Waals surface area contributed by atoms with Gasteiger partial charge in [0.2, 0.25) is 0 Å². The van der Waals surface area contributed by atoms with Crippen LogP contribution in [0.15, 0.2) is 72.8 Å². The molecule has 0 aliphatic carbocycles. The molecule has 28 heavy (non-hydrogen) atoms. The van der Waals surface area contributed by atoms with Gasteiger partial charge in [0, 0.05) is 10.9 Å². The van der Waals surface area contributed by atoms with Gasteiger partial charge in [0.05, 0.1) is 0 Å². The molecule has 0 fully saturated rings. The Kier molecular flexibility index (Phi) is 5.54. The van der Waals surface area contributed by atoms with Crippen LogP contribution in [-0.2, 0) is 0 Å². The van der Waals surface area contributed by atoms with Gasteiger partial charge in [-0.2, -0.15) is 0 Å². The molecule has 146 valence electrons. The van der Waals surface area contributed by atoms with Crippen LogP contribution in [0.3, 0.4) is 0 Å². The minimum absolute atomic E-state index is 0.0818. The van der Waals surface area contributed by atoms with E-state index in [4.69, 9.17) is 0 Å². The molecule has 0 aliphatic heterocycles. The molecule has 0 aliphatic rings. The number of hydrogen-bond acceptors (Lipinski definition) is 1. The number of nitrogens with zero attached hydrogens (tertiary/aromatic N) is 1. The summed E-state index contributed by atoms with van der Waals surface area (Å²) in [6.07, 6.45) is 0. The first-order valence-corrected chi connectivity index (χ1v) is 13.2. The van der Waals surface area contributed by atoms with Gasteiger partial charge in [-0.05, 0) is 43.6 Å². The van der Waals surface area contributed by atoms with E-state index in [1.54, 1.807) is 62.4 Å². The van der Waals surface area contributed by atoms with E-state index in [0.717, 1.165) is 9.79 Å². The summed E-state index contributed by atoms with van der Waals surface area (Å²) in [5.41, 5.74) is 2.65. The summed E-state index contributed by atoms with van der Waals surface area (Å²) < 4.78 is 49.3. The Labute approximate surface area is 167 Å². The summed E-state index contributed by atoms with van der Waals surface area (Å²) >= 11 is 0. The van der Waals surface area contributed by atoms with E-state index in [0.29, 0.717) is 22.0 Å². The van der Waals surface area contributed by atoms with Gasteiger partial charge in [-0.25, -0.2) is 8.22 Å². The second-order valence-corrected chi connectivity index (χ2v) is 12.8. The fraction of sp³-hybridized carbons (Fsp3) is 0.182. The van der Waals surface area contributed by atoms with Crippen LogP contribution in [0.25, 0.3) is 0 Å². The Morgan fingerprint density at radius 2 is 1.11 bits per heavy atom. The van der Waals surface area contributed by atoms with Crippen molar-refractivity contribution >= 4 is 33.5 Å². The van der Waals surface area contributed by atoms with Crippen LogP contribution in [-0.4, -0.2) is 17.5 Å². The Hall–Kier alpha value is -2.32. The SMILES string of the molecule is Cc1cc(C)c(N([Si](C)(F)c2ccccc2)[Si](F)(F)c2ccccc2)c(C)c1. The molecular weight excluding hydrogens is 391 g/mol. The molecule has 0 amide bonds. The lowest BCUT2D eigenvalue weighted by Gasteiger charge is -2.41. The molecule has 3 rings (SSSR count). The summed E-state index contributed by atoms with van der Waals surface area (Å²) in [6, 6.07) is 19.8. The number of rotatable bonds is 5. The molecule has 0 saturated carbocycles. The molecule has 6 heteroatoms. The summed E-state index contributed by atoms with van der Waals surface area (Å²) in [7, 11) is -9.53. The molecule has 1 atom stereocenters. The predicted octanol–water partition coefficient (Wildman–Crippen LogP) is 5.15. The summed E-state index contributed by atoms with van der Waals surface area (Å²) in [5.74, 6) is 0. The van der Waals surface area contributed by atoms with Gasteiger partial charge in [-0.15, -0.1) is 0 Å². The third kappa shape index (κ3) is 3.66. The van der Waals surface area contributed by atoms with Crippen molar-refractivity contribution in [3.8, 4) is 0 Å². The summed E-state index contributed by atoms with van der Waals surface area (Å²) in [5, 5.41) is 0.263. The number of hydrogen-bond donors (Lipinski definition) is 0. The smallest absolute Gasteiger partial charge is 0.342 e. The molecule has 0 spiro atoms. The zero-order valence-corrected chi connectivity index (χ0v) is 18.5. The highest BCUT2D eigenvalue weighted by atomic mass is 28.5. The van der Waals surface area contributed by atoms with E-state index in [9.17, 15) is 0 Å². The lowest BCUT2D eigenvalue weighted by Crippen LogP contribution is -2.71. The molecule has 0 bridgehead atoms. The predicted molar refractivity (Wildman–Crippen MR) is 116 cm³/mol. The monoisotopic (exact) mass is 415 g/mol. The first-order chi connectivity index (χ1) is 13.2. The fourth-order valence-electron chi connectivity index (χ4n) is 3.78. The van der Waals surface area contributed by atoms with Crippen molar-refractivity contribution in [1.29, 1.82) is 0 Å². The molecule has 0 radical (unpaired) electrons. The Morgan fingerprint density at radius 1 is 0.679 bits per heavy atom. The van der Waals surface area contributed by atoms with Crippen LogP contribution >= 0.6 is 0 Å². The topological polar surface area (TPSA) is 3.24 Å². The zero-order chi connectivity index (χ0) is 20.5. The molecular formula is C22H24F3NSi2. The number of anilines is 1. The van der Waals surface area contributed by atoms with Crippen LogP contribution < -0.4 is 14.6 Å². The van der Waals surface area contributed by atoms with E-state index in [1.165, 1.54) is 18.7 Å². The lowest BCUT2D eigenvalue weighted by atomic mass is 10.1. The van der Waals surface area contributed by atoms with Gasteiger partial charge < -0.3 is 4.23 Å². The molecule has 3 aromatic rings. The lowest BCUT2D eigenvalue weighted by molar-refractivity contribution is 0.619. The molecule has 0 N–H and O–H groups in total. The van der Waals surface area contributed by atoms with Crippen LogP contribution in [0.1, 0.15) is 16.7 Å². The average molecular weight is 416 g/mol. The van der Waals surface area contributed by atoms with Crippen molar-refractivity contribution in [2.75, 3.05) is 4.23 Å². The first-order valence-electron chi connectivity index (χ1n) is 9.21. The van der Waals surface area contributed by atoms with Gasteiger partial charge >= 0.3 is 17.5 Å². The Bertz CT molecular complexity index is 886.